The zero-order valence-electron chi connectivity index (χ0n) is 9.34. The van der Waals surface area contributed by atoms with Crippen LogP contribution in [0.5, 0.6) is 0 Å². The van der Waals surface area contributed by atoms with Crippen molar-refractivity contribution < 1.29 is 0 Å². The number of nitrogens with zero attached hydrogens (tertiary/aromatic N) is 1. The van der Waals surface area contributed by atoms with E-state index in [1.807, 2.05) is 0 Å². The highest BCUT2D eigenvalue weighted by Crippen LogP contribution is 2.18. The Morgan fingerprint density at radius 1 is 1.23 bits per heavy atom. The van der Waals surface area contributed by atoms with Crippen molar-refractivity contribution in [3.8, 4) is 0 Å². The molecule has 1 atom stereocenters. The van der Waals surface area contributed by atoms with Crippen molar-refractivity contribution in [2.75, 3.05) is 19.6 Å². The Morgan fingerprint density at radius 3 is 2.23 bits per heavy atom. The molecule has 0 aromatic heterocycles. The summed E-state index contributed by atoms with van der Waals surface area (Å²) in [6.45, 7) is 10.3. The van der Waals surface area contributed by atoms with Gasteiger partial charge < -0.3 is 5.32 Å². The molecular formula is C11H24N2. The van der Waals surface area contributed by atoms with Gasteiger partial charge in [-0.25, -0.2) is 0 Å². The molecule has 2 nitrogen and oxygen atoms in total. The fourth-order valence-electron chi connectivity index (χ4n) is 1.86. The molecule has 1 fully saturated rings. The molecule has 1 unspecified atom stereocenters. The lowest BCUT2D eigenvalue weighted by molar-refractivity contribution is 0.205. The van der Waals surface area contributed by atoms with Crippen molar-refractivity contribution >= 4 is 0 Å². The van der Waals surface area contributed by atoms with E-state index in [1.165, 1.54) is 38.9 Å². The van der Waals surface area contributed by atoms with E-state index in [2.05, 4.69) is 31.0 Å². The molecule has 78 valence electrons. The van der Waals surface area contributed by atoms with Crippen molar-refractivity contribution in [2.45, 2.75) is 52.1 Å². The maximum absolute atomic E-state index is 3.62. The zero-order valence-corrected chi connectivity index (χ0v) is 9.34. The molecule has 1 rings (SSSR count). The molecule has 13 heavy (non-hydrogen) atoms. The van der Waals surface area contributed by atoms with E-state index in [-0.39, 0.29) is 0 Å². The number of nitrogens with one attached hydrogen (secondary N) is 1. The maximum Gasteiger partial charge on any atom is 0.0217 e. The van der Waals surface area contributed by atoms with E-state index in [4.69, 9.17) is 0 Å². The third kappa shape index (κ3) is 3.65. The maximum atomic E-state index is 3.62. The van der Waals surface area contributed by atoms with E-state index in [9.17, 15) is 0 Å². The smallest absolute Gasteiger partial charge is 0.0217 e. The fourth-order valence-corrected chi connectivity index (χ4v) is 1.86. The summed E-state index contributed by atoms with van der Waals surface area (Å²) < 4.78 is 0. The summed E-state index contributed by atoms with van der Waals surface area (Å²) in [6.07, 6.45) is 4.06. The average molecular weight is 184 g/mol. The third-order valence-electron chi connectivity index (χ3n) is 3.02. The molecule has 1 saturated carbocycles. The largest absolute Gasteiger partial charge is 0.312 e. The minimum absolute atomic E-state index is 0.746. The van der Waals surface area contributed by atoms with Gasteiger partial charge in [-0.3, -0.25) is 4.90 Å². The first-order chi connectivity index (χ1) is 6.31. The molecule has 0 aliphatic heterocycles. The summed E-state index contributed by atoms with van der Waals surface area (Å²) in [5.74, 6) is 0. The van der Waals surface area contributed by atoms with Gasteiger partial charge in [-0.2, -0.15) is 0 Å². The van der Waals surface area contributed by atoms with Gasteiger partial charge in [0.15, 0.2) is 0 Å². The monoisotopic (exact) mass is 184 g/mol. The Kier molecular flexibility index (Phi) is 4.74. The van der Waals surface area contributed by atoms with Gasteiger partial charge in [0.2, 0.25) is 0 Å². The van der Waals surface area contributed by atoms with Gasteiger partial charge in [0, 0.05) is 18.6 Å². The molecule has 0 bridgehead atoms. The Labute approximate surface area is 82.7 Å². The average Bonchev–Trinajstić information content (AvgIpc) is 2.96. The van der Waals surface area contributed by atoms with E-state index < -0.39 is 0 Å². The van der Waals surface area contributed by atoms with Crippen LogP contribution in [0.3, 0.4) is 0 Å². The number of hydrogen-bond donors (Lipinski definition) is 1. The van der Waals surface area contributed by atoms with Crippen LogP contribution < -0.4 is 5.32 Å². The molecule has 0 aromatic carbocycles. The first kappa shape index (κ1) is 11.0. The van der Waals surface area contributed by atoms with Crippen LogP contribution in [-0.4, -0.2) is 36.6 Å². The number of rotatable bonds is 7. The standard InChI is InChI=1S/C11H24N2/c1-4-11(13(5-2)6-3)9-12-10-7-8-10/h10-12H,4-9H2,1-3H3. The molecule has 0 heterocycles. The Morgan fingerprint density at radius 2 is 1.85 bits per heavy atom. The predicted molar refractivity (Wildman–Crippen MR) is 58.0 cm³/mol. The second kappa shape index (κ2) is 5.61. The summed E-state index contributed by atoms with van der Waals surface area (Å²) in [5, 5.41) is 3.62. The number of likely N-dealkylation sites (N-methyl/N-ethyl adjacent to an activating group) is 1. The summed E-state index contributed by atoms with van der Waals surface area (Å²) in [4.78, 5) is 2.55. The lowest BCUT2D eigenvalue weighted by atomic mass is 10.2. The predicted octanol–water partition coefficient (Wildman–Crippen LogP) is 1.86. The van der Waals surface area contributed by atoms with E-state index in [0.717, 1.165) is 12.1 Å². The fraction of sp³-hybridized carbons (Fsp3) is 1.00. The van der Waals surface area contributed by atoms with Gasteiger partial charge in [0.05, 0.1) is 0 Å². The van der Waals surface area contributed by atoms with E-state index >= 15 is 0 Å². The summed E-state index contributed by atoms with van der Waals surface area (Å²) in [6, 6.07) is 1.60. The number of hydrogen-bond acceptors (Lipinski definition) is 2. The lowest BCUT2D eigenvalue weighted by Crippen LogP contribution is -2.42. The van der Waals surface area contributed by atoms with Gasteiger partial charge in [-0.1, -0.05) is 20.8 Å². The summed E-state index contributed by atoms with van der Waals surface area (Å²) in [7, 11) is 0. The molecule has 2 heteroatoms. The van der Waals surface area contributed by atoms with Crippen molar-refractivity contribution in [3.05, 3.63) is 0 Å². The second-order valence-corrected chi connectivity index (χ2v) is 3.97. The van der Waals surface area contributed by atoms with Gasteiger partial charge in [-0.15, -0.1) is 0 Å². The van der Waals surface area contributed by atoms with Crippen molar-refractivity contribution in [1.82, 2.24) is 10.2 Å². The molecule has 1 N–H and O–H groups in total. The quantitative estimate of drug-likeness (QED) is 0.649. The molecule has 0 aromatic rings. The van der Waals surface area contributed by atoms with Crippen LogP contribution in [0.1, 0.15) is 40.0 Å². The Hall–Kier alpha value is -0.0800. The van der Waals surface area contributed by atoms with Crippen LogP contribution in [-0.2, 0) is 0 Å². The molecule has 1 aliphatic rings. The Bertz CT molecular complexity index is 128. The van der Waals surface area contributed by atoms with Gasteiger partial charge in [0.25, 0.3) is 0 Å². The van der Waals surface area contributed by atoms with Crippen molar-refractivity contribution in [2.24, 2.45) is 0 Å². The summed E-state index contributed by atoms with van der Waals surface area (Å²) in [5.41, 5.74) is 0. The third-order valence-corrected chi connectivity index (χ3v) is 3.02. The summed E-state index contributed by atoms with van der Waals surface area (Å²) >= 11 is 0. The van der Waals surface area contributed by atoms with Crippen molar-refractivity contribution in [1.29, 1.82) is 0 Å². The highest BCUT2D eigenvalue weighted by atomic mass is 15.2. The minimum atomic E-state index is 0.746. The zero-order chi connectivity index (χ0) is 9.68. The van der Waals surface area contributed by atoms with Gasteiger partial charge in [0.1, 0.15) is 0 Å². The van der Waals surface area contributed by atoms with Crippen LogP contribution in [0, 0.1) is 0 Å². The molecule has 1 aliphatic carbocycles. The lowest BCUT2D eigenvalue weighted by Gasteiger charge is -2.29. The van der Waals surface area contributed by atoms with Crippen LogP contribution >= 0.6 is 0 Å². The Balaban J connectivity index is 2.21. The van der Waals surface area contributed by atoms with Crippen LogP contribution in [0.25, 0.3) is 0 Å². The van der Waals surface area contributed by atoms with Crippen LogP contribution in [0.4, 0.5) is 0 Å². The first-order valence-electron chi connectivity index (χ1n) is 5.79. The minimum Gasteiger partial charge on any atom is -0.312 e. The highest BCUT2D eigenvalue weighted by Gasteiger charge is 2.22. The highest BCUT2D eigenvalue weighted by molar-refractivity contribution is 4.83. The van der Waals surface area contributed by atoms with Gasteiger partial charge >= 0.3 is 0 Å². The molecule has 0 amide bonds. The molecule has 0 radical (unpaired) electrons. The second-order valence-electron chi connectivity index (χ2n) is 3.97. The van der Waals surface area contributed by atoms with E-state index in [0.29, 0.717) is 0 Å². The van der Waals surface area contributed by atoms with Crippen LogP contribution in [0.2, 0.25) is 0 Å². The molecular weight excluding hydrogens is 160 g/mol. The van der Waals surface area contributed by atoms with Gasteiger partial charge in [-0.05, 0) is 32.4 Å². The molecule has 0 saturated heterocycles. The SMILES string of the molecule is CCC(CNC1CC1)N(CC)CC. The van der Waals surface area contributed by atoms with Crippen LogP contribution in [0.15, 0.2) is 0 Å². The van der Waals surface area contributed by atoms with E-state index in [1.54, 1.807) is 0 Å². The first-order valence-corrected chi connectivity index (χ1v) is 5.79. The molecule has 0 spiro atoms. The topological polar surface area (TPSA) is 15.3 Å². The van der Waals surface area contributed by atoms with Crippen molar-refractivity contribution in [3.63, 3.8) is 0 Å². The normalized spacial score (nSPS) is 19.4.